The molecule has 0 aliphatic rings. The van der Waals surface area contributed by atoms with E-state index < -0.39 is 24.0 Å². The minimum Gasteiger partial charge on any atom is -0.480 e. The fourth-order valence-electron chi connectivity index (χ4n) is 1.06. The summed E-state index contributed by atoms with van der Waals surface area (Å²) in [4.78, 5) is 33.1. The number of urea groups is 1. The first kappa shape index (κ1) is 16.0. The molecule has 0 saturated heterocycles. The molecule has 0 aromatic heterocycles. The molecule has 0 saturated carbocycles. The molecule has 18 heavy (non-hydrogen) atoms. The lowest BCUT2D eigenvalue weighted by Crippen LogP contribution is -2.46. The third kappa shape index (κ3) is 7.26. The van der Waals surface area contributed by atoms with Crippen molar-refractivity contribution in [3.63, 3.8) is 0 Å². The van der Waals surface area contributed by atoms with E-state index in [2.05, 4.69) is 21.9 Å². The summed E-state index contributed by atoms with van der Waals surface area (Å²) in [5.74, 6) is -1.73. The second-order valence-electron chi connectivity index (χ2n) is 3.79. The van der Waals surface area contributed by atoms with Gasteiger partial charge in [-0.15, -0.1) is 0 Å². The zero-order valence-electron chi connectivity index (χ0n) is 10.5. The quantitative estimate of drug-likeness (QED) is 0.449. The molecule has 0 aromatic carbocycles. The Labute approximate surface area is 105 Å². The molecule has 0 aromatic rings. The van der Waals surface area contributed by atoms with Gasteiger partial charge in [0.25, 0.3) is 0 Å². The Morgan fingerprint density at radius 2 is 2.00 bits per heavy atom. The number of amides is 2. The van der Waals surface area contributed by atoms with Crippen molar-refractivity contribution < 1.29 is 24.2 Å². The molecule has 3 N–H and O–H groups in total. The van der Waals surface area contributed by atoms with Gasteiger partial charge in [-0.2, -0.15) is 0 Å². The molecule has 0 aliphatic heterocycles. The maximum atomic E-state index is 11.3. The van der Waals surface area contributed by atoms with Crippen molar-refractivity contribution in [3.8, 4) is 0 Å². The number of carboxylic acids is 1. The summed E-state index contributed by atoms with van der Waals surface area (Å²) in [6, 6.07) is -1.75. The zero-order valence-corrected chi connectivity index (χ0v) is 10.5. The zero-order chi connectivity index (χ0) is 14.1. The van der Waals surface area contributed by atoms with Crippen molar-refractivity contribution in [1.82, 2.24) is 10.6 Å². The second kappa shape index (κ2) is 8.10. The molecule has 0 fully saturated rings. The highest BCUT2D eigenvalue weighted by atomic mass is 16.5. The highest BCUT2D eigenvalue weighted by molar-refractivity contribution is 5.83. The number of hydrogen-bond donors (Lipinski definition) is 3. The Morgan fingerprint density at radius 1 is 1.39 bits per heavy atom. The van der Waals surface area contributed by atoms with Crippen LogP contribution in [0.2, 0.25) is 0 Å². The van der Waals surface area contributed by atoms with Crippen LogP contribution < -0.4 is 10.6 Å². The van der Waals surface area contributed by atoms with Crippen LogP contribution >= 0.6 is 0 Å². The summed E-state index contributed by atoms with van der Waals surface area (Å²) in [5, 5.41) is 13.6. The summed E-state index contributed by atoms with van der Waals surface area (Å²) in [7, 11) is 1.21. The number of carboxylic acid groups (broad SMARTS) is 1. The van der Waals surface area contributed by atoms with Crippen molar-refractivity contribution in [3.05, 3.63) is 12.2 Å². The third-order valence-electron chi connectivity index (χ3n) is 2.02. The van der Waals surface area contributed by atoms with E-state index in [0.717, 1.165) is 5.57 Å². The Hall–Kier alpha value is -2.05. The molecule has 0 aliphatic carbocycles. The Balaban J connectivity index is 4.18. The van der Waals surface area contributed by atoms with Crippen LogP contribution in [0.1, 0.15) is 19.8 Å². The Morgan fingerprint density at radius 3 is 2.44 bits per heavy atom. The van der Waals surface area contributed by atoms with Gasteiger partial charge in [-0.1, -0.05) is 12.2 Å². The standard InChI is InChI=1S/C11H18N2O5/c1-7(2)6-12-11(17)13-8(10(15)16)4-5-9(14)18-3/h8H,1,4-6H2,2-3H3,(H,15,16)(H2,12,13,17)/t8-/m0/s1. The van der Waals surface area contributed by atoms with Crippen LogP contribution in [-0.2, 0) is 14.3 Å². The normalized spacial score (nSPS) is 11.2. The van der Waals surface area contributed by atoms with E-state index in [1.807, 2.05) is 0 Å². The maximum absolute atomic E-state index is 11.3. The van der Waals surface area contributed by atoms with Gasteiger partial charge in [0.2, 0.25) is 0 Å². The van der Waals surface area contributed by atoms with Crippen LogP contribution in [0.4, 0.5) is 4.79 Å². The first-order valence-electron chi connectivity index (χ1n) is 5.35. The molecular formula is C11H18N2O5. The van der Waals surface area contributed by atoms with E-state index in [0.29, 0.717) is 0 Å². The molecular weight excluding hydrogens is 240 g/mol. The van der Waals surface area contributed by atoms with Crippen molar-refractivity contribution in [2.75, 3.05) is 13.7 Å². The summed E-state index contributed by atoms with van der Waals surface area (Å²) in [6.07, 6.45) is -0.100. The summed E-state index contributed by atoms with van der Waals surface area (Å²) in [6.45, 7) is 5.58. The predicted molar refractivity (Wildman–Crippen MR) is 64.0 cm³/mol. The topological polar surface area (TPSA) is 105 Å². The summed E-state index contributed by atoms with van der Waals surface area (Å²) < 4.78 is 4.39. The van der Waals surface area contributed by atoms with Gasteiger partial charge < -0.3 is 20.5 Å². The van der Waals surface area contributed by atoms with Gasteiger partial charge in [0.15, 0.2) is 0 Å². The van der Waals surface area contributed by atoms with E-state index in [4.69, 9.17) is 5.11 Å². The van der Waals surface area contributed by atoms with Gasteiger partial charge in [-0.05, 0) is 13.3 Å². The van der Waals surface area contributed by atoms with Crippen LogP contribution in [0.3, 0.4) is 0 Å². The average molecular weight is 258 g/mol. The van der Waals surface area contributed by atoms with Crippen LogP contribution in [0.15, 0.2) is 12.2 Å². The number of rotatable bonds is 7. The molecule has 2 amide bonds. The number of nitrogens with one attached hydrogen (secondary N) is 2. The predicted octanol–water partition coefficient (Wildman–Crippen LogP) is 0.268. The number of carbonyl (C=O) groups excluding carboxylic acids is 2. The highest BCUT2D eigenvalue weighted by Crippen LogP contribution is 1.99. The first-order valence-corrected chi connectivity index (χ1v) is 5.35. The van der Waals surface area contributed by atoms with Crippen LogP contribution in [0.5, 0.6) is 0 Å². The fraction of sp³-hybridized carbons (Fsp3) is 0.545. The van der Waals surface area contributed by atoms with E-state index in [-0.39, 0.29) is 19.4 Å². The van der Waals surface area contributed by atoms with Gasteiger partial charge in [0.05, 0.1) is 7.11 Å². The fourth-order valence-corrected chi connectivity index (χ4v) is 1.06. The first-order chi connectivity index (χ1) is 8.36. The lowest BCUT2D eigenvalue weighted by atomic mass is 10.1. The van der Waals surface area contributed by atoms with E-state index in [1.165, 1.54) is 7.11 Å². The van der Waals surface area contributed by atoms with Crippen LogP contribution in [-0.4, -0.2) is 42.8 Å². The minimum atomic E-state index is -1.20. The third-order valence-corrected chi connectivity index (χ3v) is 2.02. The van der Waals surface area contributed by atoms with Crippen LogP contribution in [0, 0.1) is 0 Å². The molecule has 0 spiro atoms. The number of methoxy groups -OCH3 is 1. The van der Waals surface area contributed by atoms with Gasteiger partial charge in [0, 0.05) is 13.0 Å². The number of carbonyl (C=O) groups is 3. The lowest BCUT2D eigenvalue weighted by Gasteiger charge is -2.14. The average Bonchev–Trinajstić information content (AvgIpc) is 2.30. The number of ether oxygens (including phenoxy) is 1. The summed E-state index contributed by atoms with van der Waals surface area (Å²) >= 11 is 0. The smallest absolute Gasteiger partial charge is 0.326 e. The molecule has 0 heterocycles. The van der Waals surface area contributed by atoms with Gasteiger partial charge in [-0.3, -0.25) is 4.79 Å². The van der Waals surface area contributed by atoms with E-state index >= 15 is 0 Å². The SMILES string of the molecule is C=C(C)CNC(=O)N[C@@H](CCC(=O)OC)C(=O)O. The van der Waals surface area contributed by atoms with Gasteiger partial charge in [-0.25, -0.2) is 9.59 Å². The van der Waals surface area contributed by atoms with Crippen molar-refractivity contribution in [1.29, 1.82) is 0 Å². The summed E-state index contributed by atoms with van der Waals surface area (Å²) in [5.41, 5.74) is 0.742. The van der Waals surface area contributed by atoms with Crippen molar-refractivity contribution >= 4 is 18.0 Å². The largest absolute Gasteiger partial charge is 0.480 e. The second-order valence-corrected chi connectivity index (χ2v) is 3.79. The number of aliphatic carboxylic acids is 1. The molecule has 7 nitrogen and oxygen atoms in total. The van der Waals surface area contributed by atoms with E-state index in [9.17, 15) is 14.4 Å². The van der Waals surface area contributed by atoms with Crippen molar-refractivity contribution in [2.45, 2.75) is 25.8 Å². The number of hydrogen-bond acceptors (Lipinski definition) is 4. The van der Waals surface area contributed by atoms with Gasteiger partial charge >= 0.3 is 18.0 Å². The van der Waals surface area contributed by atoms with Crippen LogP contribution in [0.25, 0.3) is 0 Å². The maximum Gasteiger partial charge on any atom is 0.326 e. The minimum absolute atomic E-state index is 0.0253. The van der Waals surface area contributed by atoms with Crippen molar-refractivity contribution in [2.24, 2.45) is 0 Å². The lowest BCUT2D eigenvalue weighted by molar-refractivity contribution is -0.142. The number of esters is 1. The monoisotopic (exact) mass is 258 g/mol. The molecule has 0 radical (unpaired) electrons. The molecule has 0 bridgehead atoms. The van der Waals surface area contributed by atoms with Gasteiger partial charge in [0.1, 0.15) is 6.04 Å². The highest BCUT2D eigenvalue weighted by Gasteiger charge is 2.20. The Kier molecular flexibility index (Phi) is 7.18. The van der Waals surface area contributed by atoms with E-state index in [1.54, 1.807) is 6.92 Å². The molecule has 0 rings (SSSR count). The molecule has 102 valence electrons. The molecule has 7 heteroatoms. The molecule has 1 atom stereocenters. The molecule has 0 unspecified atom stereocenters. The Bertz CT molecular complexity index is 340.